The number of carbonyl (C=O) groups excluding carboxylic acids is 2. The summed E-state index contributed by atoms with van der Waals surface area (Å²) in [7, 11) is 0. The van der Waals surface area contributed by atoms with Crippen molar-refractivity contribution in [2.24, 2.45) is 5.92 Å². The van der Waals surface area contributed by atoms with Crippen molar-refractivity contribution in [1.29, 1.82) is 0 Å². The van der Waals surface area contributed by atoms with Gasteiger partial charge in [0, 0.05) is 24.4 Å². The number of pyridine rings is 1. The van der Waals surface area contributed by atoms with E-state index in [9.17, 15) is 14.7 Å². The van der Waals surface area contributed by atoms with Crippen LogP contribution in [-0.4, -0.2) is 34.5 Å². The molecule has 1 atom stereocenters. The molecule has 6 heteroatoms. The molecule has 2 aromatic rings. The Kier molecular flexibility index (Phi) is 4.42. The molecule has 26 heavy (non-hydrogen) atoms. The number of Topliss-reactive ketones (excluding diaryl/α,β-unsaturated/α-hetero) is 1. The number of aliphatic hydroxyl groups is 1. The average molecular weight is 352 g/mol. The monoisotopic (exact) mass is 352 g/mol. The van der Waals surface area contributed by atoms with Crippen LogP contribution in [0.4, 0.5) is 0 Å². The maximum atomic E-state index is 12.5. The molecule has 2 heterocycles. The third-order valence-electron chi connectivity index (χ3n) is 5.11. The Morgan fingerprint density at radius 2 is 2.12 bits per heavy atom. The van der Waals surface area contributed by atoms with Crippen LogP contribution in [0, 0.1) is 5.92 Å². The standard InChI is InChI=1S/C20H20N2O4/c23-16-9-15(10-16)18(13-3-4-17-12(8-13)5-7-26-17)22-20(25)19(24)14-2-1-6-21-11-14/h1-4,6,8,11,15-16,18,23H,5,7,9-10H2,(H,22,25)/t15?,16?,18-/m0/s1. The molecule has 1 aliphatic heterocycles. The van der Waals surface area contributed by atoms with Gasteiger partial charge in [-0.1, -0.05) is 6.07 Å². The molecule has 0 unspecified atom stereocenters. The lowest BCUT2D eigenvalue weighted by atomic mass is 9.74. The maximum absolute atomic E-state index is 12.5. The molecule has 2 aliphatic rings. The van der Waals surface area contributed by atoms with Gasteiger partial charge in [-0.25, -0.2) is 0 Å². The molecule has 134 valence electrons. The van der Waals surface area contributed by atoms with Crippen LogP contribution in [0.1, 0.15) is 40.4 Å². The van der Waals surface area contributed by atoms with Gasteiger partial charge in [-0.05, 0) is 54.2 Å². The van der Waals surface area contributed by atoms with Gasteiger partial charge in [0.15, 0.2) is 0 Å². The Hall–Kier alpha value is -2.73. The zero-order valence-electron chi connectivity index (χ0n) is 14.2. The van der Waals surface area contributed by atoms with E-state index in [1.165, 1.54) is 6.20 Å². The number of hydrogen-bond donors (Lipinski definition) is 2. The summed E-state index contributed by atoms with van der Waals surface area (Å²) < 4.78 is 5.54. The van der Waals surface area contributed by atoms with Crippen molar-refractivity contribution in [3.8, 4) is 5.75 Å². The van der Waals surface area contributed by atoms with Crippen molar-refractivity contribution >= 4 is 11.7 Å². The molecule has 1 aromatic carbocycles. The topological polar surface area (TPSA) is 88.5 Å². The van der Waals surface area contributed by atoms with E-state index in [4.69, 9.17) is 4.74 Å². The fourth-order valence-electron chi connectivity index (χ4n) is 3.61. The lowest BCUT2D eigenvalue weighted by Crippen LogP contribution is -2.43. The van der Waals surface area contributed by atoms with Gasteiger partial charge in [-0.3, -0.25) is 14.6 Å². The Balaban J connectivity index is 1.56. The molecule has 6 nitrogen and oxygen atoms in total. The third kappa shape index (κ3) is 3.20. The fraction of sp³-hybridized carbons (Fsp3) is 0.350. The van der Waals surface area contributed by atoms with Gasteiger partial charge < -0.3 is 15.2 Å². The van der Waals surface area contributed by atoms with E-state index in [0.717, 1.165) is 23.3 Å². The number of amides is 1. The Bertz CT molecular complexity index is 831. The molecule has 1 aliphatic carbocycles. The second-order valence-electron chi connectivity index (χ2n) is 6.87. The van der Waals surface area contributed by atoms with Gasteiger partial charge >= 0.3 is 0 Å². The van der Waals surface area contributed by atoms with Gasteiger partial charge in [0.25, 0.3) is 11.7 Å². The fourth-order valence-corrected chi connectivity index (χ4v) is 3.61. The van der Waals surface area contributed by atoms with E-state index < -0.39 is 11.7 Å². The van der Waals surface area contributed by atoms with Gasteiger partial charge in [0.1, 0.15) is 5.75 Å². The second kappa shape index (κ2) is 6.88. The molecule has 0 radical (unpaired) electrons. The Morgan fingerprint density at radius 1 is 1.27 bits per heavy atom. The number of nitrogens with zero attached hydrogens (tertiary/aromatic N) is 1. The number of rotatable bonds is 5. The highest BCUT2D eigenvalue weighted by molar-refractivity contribution is 6.42. The smallest absolute Gasteiger partial charge is 0.292 e. The summed E-state index contributed by atoms with van der Waals surface area (Å²) in [6.07, 6.45) is 4.66. The lowest BCUT2D eigenvalue weighted by Gasteiger charge is -2.38. The molecular weight excluding hydrogens is 332 g/mol. The number of nitrogens with one attached hydrogen (secondary N) is 1. The minimum atomic E-state index is -0.652. The van der Waals surface area contributed by atoms with Crippen molar-refractivity contribution in [2.75, 3.05) is 6.61 Å². The van der Waals surface area contributed by atoms with E-state index in [-0.39, 0.29) is 23.6 Å². The van der Waals surface area contributed by atoms with Gasteiger partial charge in [-0.2, -0.15) is 0 Å². The molecule has 1 fully saturated rings. The van der Waals surface area contributed by atoms with E-state index in [1.807, 2.05) is 18.2 Å². The highest BCUT2D eigenvalue weighted by Crippen LogP contribution is 2.39. The molecule has 4 rings (SSSR count). The average Bonchev–Trinajstić information content (AvgIpc) is 3.11. The number of hydrogen-bond acceptors (Lipinski definition) is 5. The summed E-state index contributed by atoms with van der Waals surface area (Å²) in [6, 6.07) is 8.76. The van der Waals surface area contributed by atoms with Crippen molar-refractivity contribution in [1.82, 2.24) is 10.3 Å². The molecule has 0 saturated heterocycles. The number of benzene rings is 1. The number of fused-ring (bicyclic) bond motifs is 1. The van der Waals surface area contributed by atoms with E-state index in [1.54, 1.807) is 18.3 Å². The molecular formula is C20H20N2O4. The number of ketones is 1. The van der Waals surface area contributed by atoms with E-state index in [0.29, 0.717) is 19.4 Å². The van der Waals surface area contributed by atoms with Crippen molar-refractivity contribution in [3.63, 3.8) is 0 Å². The predicted octanol–water partition coefficient (Wildman–Crippen LogP) is 1.83. The molecule has 1 saturated carbocycles. The first-order valence-corrected chi connectivity index (χ1v) is 8.80. The Labute approximate surface area is 151 Å². The van der Waals surface area contributed by atoms with Crippen LogP contribution in [0.3, 0.4) is 0 Å². The van der Waals surface area contributed by atoms with E-state index >= 15 is 0 Å². The summed E-state index contributed by atoms with van der Waals surface area (Å²) in [6.45, 7) is 0.664. The zero-order valence-corrected chi connectivity index (χ0v) is 14.2. The van der Waals surface area contributed by atoms with Gasteiger partial charge in [0.05, 0.1) is 18.8 Å². The predicted molar refractivity (Wildman–Crippen MR) is 93.8 cm³/mol. The first-order valence-electron chi connectivity index (χ1n) is 8.80. The minimum absolute atomic E-state index is 0.107. The van der Waals surface area contributed by atoms with Crippen molar-refractivity contribution < 1.29 is 19.4 Å². The normalized spacial score (nSPS) is 21.9. The molecule has 0 bridgehead atoms. The van der Waals surface area contributed by atoms with E-state index in [2.05, 4.69) is 10.3 Å². The van der Waals surface area contributed by atoms with Crippen LogP contribution >= 0.6 is 0 Å². The largest absolute Gasteiger partial charge is 0.493 e. The summed E-state index contributed by atoms with van der Waals surface area (Å²) in [5.41, 5.74) is 2.32. The van der Waals surface area contributed by atoms with Crippen LogP contribution in [0.5, 0.6) is 5.75 Å². The first-order chi connectivity index (χ1) is 12.6. The Morgan fingerprint density at radius 3 is 2.85 bits per heavy atom. The maximum Gasteiger partial charge on any atom is 0.292 e. The van der Waals surface area contributed by atoms with Crippen LogP contribution in [0.15, 0.2) is 42.7 Å². The summed E-state index contributed by atoms with van der Waals surface area (Å²) in [5.74, 6) is -0.275. The molecule has 1 aromatic heterocycles. The molecule has 2 N–H and O–H groups in total. The summed E-state index contributed by atoms with van der Waals surface area (Å²) in [5, 5.41) is 12.6. The van der Waals surface area contributed by atoms with Crippen LogP contribution in [0.2, 0.25) is 0 Å². The number of aliphatic hydroxyl groups excluding tert-OH is 1. The summed E-state index contributed by atoms with van der Waals surface area (Å²) in [4.78, 5) is 28.8. The van der Waals surface area contributed by atoms with Gasteiger partial charge in [0.2, 0.25) is 0 Å². The number of carbonyl (C=O) groups is 2. The quantitative estimate of drug-likeness (QED) is 0.633. The SMILES string of the molecule is O=C(N[C@@H](c1ccc2c(c1)CCO2)C1CC(O)C1)C(=O)c1cccnc1. The second-order valence-corrected chi connectivity index (χ2v) is 6.87. The van der Waals surface area contributed by atoms with Crippen molar-refractivity contribution in [3.05, 3.63) is 59.4 Å². The zero-order chi connectivity index (χ0) is 18.1. The van der Waals surface area contributed by atoms with Crippen LogP contribution in [-0.2, 0) is 11.2 Å². The number of aromatic nitrogens is 1. The third-order valence-corrected chi connectivity index (χ3v) is 5.11. The lowest BCUT2D eigenvalue weighted by molar-refractivity contribution is -0.118. The van der Waals surface area contributed by atoms with Gasteiger partial charge in [-0.15, -0.1) is 0 Å². The highest BCUT2D eigenvalue weighted by Gasteiger charge is 2.37. The van der Waals surface area contributed by atoms with Crippen LogP contribution in [0.25, 0.3) is 0 Å². The summed E-state index contributed by atoms with van der Waals surface area (Å²) >= 11 is 0. The molecule has 0 spiro atoms. The molecule has 1 amide bonds. The number of ether oxygens (including phenoxy) is 1. The van der Waals surface area contributed by atoms with Crippen LogP contribution < -0.4 is 10.1 Å². The highest BCUT2D eigenvalue weighted by atomic mass is 16.5. The first kappa shape index (κ1) is 16.7. The minimum Gasteiger partial charge on any atom is -0.493 e. The van der Waals surface area contributed by atoms with Crippen molar-refractivity contribution in [2.45, 2.75) is 31.4 Å².